The minimum absolute atomic E-state index is 0.952. The Labute approximate surface area is 111 Å². The van der Waals surface area contributed by atoms with Crippen LogP contribution in [0, 0.1) is 12.8 Å². The summed E-state index contributed by atoms with van der Waals surface area (Å²) in [5, 5.41) is 3.53. The van der Waals surface area contributed by atoms with Crippen molar-refractivity contribution >= 4 is 5.69 Å². The number of nitrogens with one attached hydrogen (secondary N) is 1. The second kappa shape index (κ2) is 6.79. The number of para-hydroxylation sites is 1. The van der Waals surface area contributed by atoms with Crippen molar-refractivity contribution in [3.05, 3.63) is 29.8 Å². The van der Waals surface area contributed by atoms with Crippen LogP contribution in [0.15, 0.2) is 24.3 Å². The second-order valence-corrected chi connectivity index (χ2v) is 5.65. The number of hydrogen-bond acceptors (Lipinski definition) is 2. The van der Waals surface area contributed by atoms with Crippen LogP contribution in [0.25, 0.3) is 0 Å². The van der Waals surface area contributed by atoms with Crippen LogP contribution in [0.1, 0.15) is 31.2 Å². The van der Waals surface area contributed by atoms with Crippen LogP contribution in [0.2, 0.25) is 0 Å². The van der Waals surface area contributed by atoms with Crippen molar-refractivity contribution < 1.29 is 0 Å². The summed E-state index contributed by atoms with van der Waals surface area (Å²) < 4.78 is 0. The second-order valence-electron chi connectivity index (χ2n) is 5.65. The van der Waals surface area contributed by atoms with Crippen molar-refractivity contribution in [1.82, 2.24) is 4.90 Å². The summed E-state index contributed by atoms with van der Waals surface area (Å²) in [6.45, 7) is 5.60. The van der Waals surface area contributed by atoms with Gasteiger partial charge in [-0.05, 0) is 44.4 Å². The molecule has 0 bridgehead atoms. The van der Waals surface area contributed by atoms with E-state index in [1.807, 2.05) is 0 Å². The van der Waals surface area contributed by atoms with E-state index in [4.69, 9.17) is 0 Å². The zero-order valence-corrected chi connectivity index (χ0v) is 11.8. The van der Waals surface area contributed by atoms with Crippen molar-refractivity contribution in [2.75, 3.05) is 32.0 Å². The molecule has 2 nitrogen and oxygen atoms in total. The van der Waals surface area contributed by atoms with Crippen LogP contribution in [-0.4, -0.2) is 31.6 Å². The number of anilines is 1. The first-order valence-corrected chi connectivity index (χ1v) is 7.24. The number of likely N-dealkylation sites (N-methyl/N-ethyl adjacent to an activating group) is 1. The first kappa shape index (κ1) is 13.4. The van der Waals surface area contributed by atoms with E-state index < -0.39 is 0 Å². The van der Waals surface area contributed by atoms with E-state index in [0.29, 0.717) is 0 Å². The van der Waals surface area contributed by atoms with E-state index in [1.54, 1.807) is 0 Å². The third-order valence-corrected chi connectivity index (χ3v) is 4.00. The lowest BCUT2D eigenvalue weighted by atomic mass is 10.1. The summed E-state index contributed by atoms with van der Waals surface area (Å²) in [6, 6.07) is 8.50. The average molecular weight is 246 g/mol. The van der Waals surface area contributed by atoms with Gasteiger partial charge in [-0.3, -0.25) is 0 Å². The van der Waals surface area contributed by atoms with Gasteiger partial charge in [0.2, 0.25) is 0 Å². The van der Waals surface area contributed by atoms with Gasteiger partial charge in [0, 0.05) is 25.3 Å². The molecule has 0 radical (unpaired) electrons. The molecule has 0 amide bonds. The zero-order valence-electron chi connectivity index (χ0n) is 11.8. The summed E-state index contributed by atoms with van der Waals surface area (Å²) in [7, 11) is 2.25. The molecule has 1 aliphatic rings. The summed E-state index contributed by atoms with van der Waals surface area (Å²) in [4.78, 5) is 2.47. The molecule has 2 rings (SSSR count). The molecule has 0 atom stereocenters. The molecule has 1 fully saturated rings. The molecule has 18 heavy (non-hydrogen) atoms. The molecular weight excluding hydrogens is 220 g/mol. The van der Waals surface area contributed by atoms with E-state index >= 15 is 0 Å². The Kier molecular flexibility index (Phi) is 5.06. The SMILES string of the molecule is Cc1ccccc1NCCN(C)CC1CCCC1. The van der Waals surface area contributed by atoms with Crippen molar-refractivity contribution in [2.24, 2.45) is 5.92 Å². The Balaban J connectivity index is 1.67. The Morgan fingerprint density at radius 1 is 1.22 bits per heavy atom. The first-order valence-electron chi connectivity index (χ1n) is 7.24. The molecule has 0 unspecified atom stereocenters. The van der Waals surface area contributed by atoms with Crippen LogP contribution >= 0.6 is 0 Å². The van der Waals surface area contributed by atoms with Crippen LogP contribution in [0.4, 0.5) is 5.69 Å². The smallest absolute Gasteiger partial charge is 0.0370 e. The predicted molar refractivity (Wildman–Crippen MR) is 79.1 cm³/mol. The van der Waals surface area contributed by atoms with Gasteiger partial charge in [-0.15, -0.1) is 0 Å². The fourth-order valence-corrected chi connectivity index (χ4v) is 2.88. The monoisotopic (exact) mass is 246 g/mol. The molecule has 1 saturated carbocycles. The number of nitrogens with zero attached hydrogens (tertiary/aromatic N) is 1. The fourth-order valence-electron chi connectivity index (χ4n) is 2.88. The average Bonchev–Trinajstić information content (AvgIpc) is 2.84. The molecule has 1 aliphatic carbocycles. The van der Waals surface area contributed by atoms with Gasteiger partial charge in [0.15, 0.2) is 0 Å². The maximum absolute atomic E-state index is 3.53. The lowest BCUT2D eigenvalue weighted by Crippen LogP contribution is -2.29. The number of hydrogen-bond donors (Lipinski definition) is 1. The molecule has 0 aliphatic heterocycles. The first-order chi connectivity index (χ1) is 8.75. The molecule has 2 heteroatoms. The Morgan fingerprint density at radius 3 is 2.67 bits per heavy atom. The predicted octanol–water partition coefficient (Wildman–Crippen LogP) is 3.53. The maximum Gasteiger partial charge on any atom is 0.0370 e. The van der Waals surface area contributed by atoms with Crippen LogP contribution in [-0.2, 0) is 0 Å². The summed E-state index contributed by atoms with van der Waals surface area (Å²) in [5.74, 6) is 0.952. The van der Waals surface area contributed by atoms with Gasteiger partial charge in [-0.1, -0.05) is 31.0 Å². The van der Waals surface area contributed by atoms with Crippen molar-refractivity contribution in [1.29, 1.82) is 0 Å². The van der Waals surface area contributed by atoms with Gasteiger partial charge in [0.05, 0.1) is 0 Å². The maximum atomic E-state index is 3.53. The normalized spacial score (nSPS) is 16.4. The minimum Gasteiger partial charge on any atom is -0.384 e. The summed E-state index contributed by atoms with van der Waals surface area (Å²) >= 11 is 0. The van der Waals surface area contributed by atoms with Gasteiger partial charge >= 0.3 is 0 Å². The van der Waals surface area contributed by atoms with Crippen LogP contribution < -0.4 is 5.32 Å². The molecule has 1 aromatic carbocycles. The third-order valence-electron chi connectivity index (χ3n) is 4.00. The Morgan fingerprint density at radius 2 is 1.94 bits per heavy atom. The molecule has 0 aromatic heterocycles. The van der Waals surface area contributed by atoms with E-state index in [2.05, 4.69) is 48.5 Å². The number of rotatable bonds is 6. The topological polar surface area (TPSA) is 15.3 Å². The van der Waals surface area contributed by atoms with Crippen LogP contribution in [0.5, 0.6) is 0 Å². The molecule has 100 valence electrons. The van der Waals surface area contributed by atoms with Gasteiger partial charge < -0.3 is 10.2 Å². The van der Waals surface area contributed by atoms with Crippen molar-refractivity contribution in [2.45, 2.75) is 32.6 Å². The largest absolute Gasteiger partial charge is 0.384 e. The fraction of sp³-hybridized carbons (Fsp3) is 0.625. The van der Waals surface area contributed by atoms with Gasteiger partial charge in [-0.2, -0.15) is 0 Å². The number of benzene rings is 1. The van der Waals surface area contributed by atoms with Gasteiger partial charge in [-0.25, -0.2) is 0 Å². The van der Waals surface area contributed by atoms with Crippen LogP contribution in [0.3, 0.4) is 0 Å². The van der Waals surface area contributed by atoms with Crippen molar-refractivity contribution in [3.8, 4) is 0 Å². The highest BCUT2D eigenvalue weighted by Crippen LogP contribution is 2.25. The standard InChI is InChI=1S/C16H26N2/c1-14-7-3-6-10-16(14)17-11-12-18(2)13-15-8-4-5-9-15/h3,6-7,10,15,17H,4-5,8-9,11-13H2,1-2H3. The zero-order chi connectivity index (χ0) is 12.8. The molecular formula is C16H26N2. The minimum atomic E-state index is 0.952. The third kappa shape index (κ3) is 4.02. The molecule has 1 aromatic rings. The highest BCUT2D eigenvalue weighted by atomic mass is 15.1. The lowest BCUT2D eigenvalue weighted by molar-refractivity contribution is 0.287. The highest BCUT2D eigenvalue weighted by Gasteiger charge is 2.16. The van der Waals surface area contributed by atoms with Gasteiger partial charge in [0.1, 0.15) is 0 Å². The van der Waals surface area contributed by atoms with E-state index in [-0.39, 0.29) is 0 Å². The van der Waals surface area contributed by atoms with Gasteiger partial charge in [0.25, 0.3) is 0 Å². The Bertz CT molecular complexity index is 356. The lowest BCUT2D eigenvalue weighted by Gasteiger charge is -2.21. The summed E-state index contributed by atoms with van der Waals surface area (Å²) in [6.07, 6.45) is 5.77. The van der Waals surface area contributed by atoms with E-state index in [1.165, 1.54) is 43.5 Å². The Hall–Kier alpha value is -1.02. The molecule has 0 spiro atoms. The molecule has 0 saturated heterocycles. The highest BCUT2D eigenvalue weighted by molar-refractivity contribution is 5.50. The number of aryl methyl sites for hydroxylation is 1. The van der Waals surface area contributed by atoms with Crippen molar-refractivity contribution in [3.63, 3.8) is 0 Å². The van der Waals surface area contributed by atoms with E-state index in [0.717, 1.165) is 19.0 Å². The van der Waals surface area contributed by atoms with E-state index in [9.17, 15) is 0 Å². The molecule has 0 heterocycles. The summed E-state index contributed by atoms with van der Waals surface area (Å²) in [5.41, 5.74) is 2.60. The quantitative estimate of drug-likeness (QED) is 0.826. The molecule has 1 N–H and O–H groups in total.